The number of nitrogens with one attached hydrogen (secondary N) is 3. The van der Waals surface area contributed by atoms with E-state index in [4.69, 9.17) is 15.3 Å². The fraction of sp³-hybridized carbons (Fsp3) is 0.182. The number of H-pyrrole nitrogens is 1. The molecule has 0 spiro atoms. The van der Waals surface area contributed by atoms with Crippen LogP contribution in [0.4, 0.5) is 19.0 Å². The molecular formula is C22H20F3N5O4. The van der Waals surface area contributed by atoms with Crippen LogP contribution in [0.25, 0.3) is 6.08 Å². The summed E-state index contributed by atoms with van der Waals surface area (Å²) in [6, 6.07) is 7.67. The average molecular weight is 475 g/mol. The summed E-state index contributed by atoms with van der Waals surface area (Å²) >= 11 is 0. The van der Waals surface area contributed by atoms with Crippen molar-refractivity contribution in [2.45, 2.75) is 12.3 Å². The lowest BCUT2D eigenvalue weighted by Crippen LogP contribution is -2.21. The van der Waals surface area contributed by atoms with Gasteiger partial charge in [-0.15, -0.1) is 0 Å². The Morgan fingerprint density at radius 3 is 2.76 bits per heavy atom. The molecule has 0 bridgehead atoms. The smallest absolute Gasteiger partial charge is 0.417 e. The number of hydrogen-bond acceptors (Lipinski definition) is 7. The number of halogens is 3. The molecule has 3 rings (SSSR count). The molecule has 1 atom stereocenters. The van der Waals surface area contributed by atoms with Crippen LogP contribution >= 0.6 is 0 Å². The minimum atomic E-state index is -4.60. The first-order valence-corrected chi connectivity index (χ1v) is 9.84. The first kappa shape index (κ1) is 24.6. The second kappa shape index (κ2) is 10.7. The number of aromatic nitrogens is 3. The second-order valence-electron chi connectivity index (χ2n) is 6.95. The number of ether oxygens (including phenoxy) is 1. The number of aromatic amines is 1. The van der Waals surface area contributed by atoms with Gasteiger partial charge in [0.25, 0.3) is 5.91 Å². The molecule has 2 heterocycles. The Kier molecular flexibility index (Phi) is 7.76. The highest BCUT2D eigenvalue weighted by molar-refractivity contribution is 6.09. The number of aliphatic hydroxyl groups is 2. The highest BCUT2D eigenvalue weighted by atomic mass is 19.4. The molecule has 0 fully saturated rings. The molecule has 34 heavy (non-hydrogen) atoms. The van der Waals surface area contributed by atoms with Gasteiger partial charge < -0.3 is 30.7 Å². The van der Waals surface area contributed by atoms with Gasteiger partial charge in [0.2, 0.25) is 0 Å². The van der Waals surface area contributed by atoms with Crippen molar-refractivity contribution < 1.29 is 32.9 Å². The van der Waals surface area contributed by atoms with Gasteiger partial charge in [-0.3, -0.25) is 4.79 Å². The Balaban J connectivity index is 1.65. The standard InChI is InChI=1S/C22H20F3N5O4/c23-22(24,25)16-4-2-1-3-15(16)17(26)5-6-19-28-10-18(29-19)21(33)30-20-9-14(7-8-27-20)34-12-13(32)11-31/h1-10,13,26,31-32H,11-12H2,(H,28,29)(H,27,30,33)/b6-5-,26-17?. The third-order valence-electron chi connectivity index (χ3n) is 4.40. The number of carbonyl (C=O) groups excluding carboxylic acids is 1. The molecule has 0 aliphatic rings. The molecule has 1 amide bonds. The number of allylic oxidation sites excluding steroid dienone is 1. The Bertz CT molecular complexity index is 1190. The van der Waals surface area contributed by atoms with Crippen molar-refractivity contribution in [3.63, 3.8) is 0 Å². The molecule has 0 radical (unpaired) electrons. The normalized spacial score (nSPS) is 12.5. The Hall–Kier alpha value is -4.03. The van der Waals surface area contributed by atoms with Gasteiger partial charge in [-0.25, -0.2) is 9.97 Å². The number of hydrogen-bond donors (Lipinski definition) is 5. The van der Waals surface area contributed by atoms with E-state index in [1.807, 2.05) is 0 Å². The minimum absolute atomic E-state index is 0.0469. The number of carbonyl (C=O) groups is 1. The maximum absolute atomic E-state index is 13.1. The number of benzene rings is 1. The number of pyridine rings is 1. The summed E-state index contributed by atoms with van der Waals surface area (Å²) in [6.45, 7) is -0.605. The van der Waals surface area contributed by atoms with Crippen LogP contribution in [0, 0.1) is 5.41 Å². The summed E-state index contributed by atoms with van der Waals surface area (Å²) in [6.07, 6.45) is -0.616. The molecule has 3 aromatic rings. The molecule has 0 saturated carbocycles. The first-order chi connectivity index (χ1) is 16.2. The number of amides is 1. The summed E-state index contributed by atoms with van der Waals surface area (Å²) in [5.74, 6) is 0.0222. The summed E-state index contributed by atoms with van der Waals surface area (Å²) in [5.41, 5.74) is -1.53. The van der Waals surface area contributed by atoms with Crippen molar-refractivity contribution in [1.82, 2.24) is 15.0 Å². The van der Waals surface area contributed by atoms with Crippen LogP contribution in [0.5, 0.6) is 5.75 Å². The van der Waals surface area contributed by atoms with Crippen molar-refractivity contribution >= 4 is 23.5 Å². The molecule has 0 saturated heterocycles. The zero-order chi connectivity index (χ0) is 24.7. The first-order valence-electron chi connectivity index (χ1n) is 9.84. The predicted molar refractivity (Wildman–Crippen MR) is 117 cm³/mol. The van der Waals surface area contributed by atoms with E-state index in [1.165, 1.54) is 48.8 Å². The maximum Gasteiger partial charge on any atom is 0.417 e. The average Bonchev–Trinajstić information content (AvgIpc) is 3.30. The molecule has 2 aromatic heterocycles. The van der Waals surface area contributed by atoms with Crippen molar-refractivity contribution in [3.8, 4) is 5.75 Å². The number of alkyl halides is 3. The summed E-state index contributed by atoms with van der Waals surface area (Å²) in [4.78, 5) is 23.1. The zero-order valence-corrected chi connectivity index (χ0v) is 17.5. The van der Waals surface area contributed by atoms with Crippen LogP contribution in [0.3, 0.4) is 0 Å². The van der Waals surface area contributed by atoms with Gasteiger partial charge in [-0.05, 0) is 24.3 Å². The third kappa shape index (κ3) is 6.49. The molecule has 12 heteroatoms. The minimum Gasteiger partial charge on any atom is -0.491 e. The van der Waals surface area contributed by atoms with E-state index in [9.17, 15) is 23.1 Å². The van der Waals surface area contributed by atoms with Crippen molar-refractivity contribution in [3.05, 3.63) is 77.5 Å². The molecule has 1 aromatic carbocycles. The second-order valence-corrected chi connectivity index (χ2v) is 6.95. The fourth-order valence-corrected chi connectivity index (χ4v) is 2.75. The van der Waals surface area contributed by atoms with Gasteiger partial charge >= 0.3 is 6.18 Å². The monoisotopic (exact) mass is 475 g/mol. The number of aliphatic hydroxyl groups excluding tert-OH is 2. The van der Waals surface area contributed by atoms with Crippen LogP contribution < -0.4 is 10.1 Å². The van der Waals surface area contributed by atoms with Gasteiger partial charge in [0, 0.05) is 17.8 Å². The van der Waals surface area contributed by atoms with Crippen LogP contribution in [-0.2, 0) is 6.18 Å². The molecule has 5 N–H and O–H groups in total. The number of rotatable bonds is 9. The topological polar surface area (TPSA) is 144 Å². The highest BCUT2D eigenvalue weighted by Gasteiger charge is 2.33. The van der Waals surface area contributed by atoms with Crippen molar-refractivity contribution in [2.75, 3.05) is 18.5 Å². The van der Waals surface area contributed by atoms with Crippen LogP contribution in [0.15, 0.2) is 54.9 Å². The largest absolute Gasteiger partial charge is 0.491 e. The Labute approximate surface area is 191 Å². The highest BCUT2D eigenvalue weighted by Crippen LogP contribution is 2.32. The molecule has 1 unspecified atom stereocenters. The lowest BCUT2D eigenvalue weighted by molar-refractivity contribution is -0.137. The number of imidazole rings is 1. The molecule has 9 nitrogen and oxygen atoms in total. The maximum atomic E-state index is 13.1. The van der Waals surface area contributed by atoms with Gasteiger partial charge in [-0.2, -0.15) is 13.2 Å². The van der Waals surface area contributed by atoms with Gasteiger partial charge in [0.15, 0.2) is 0 Å². The summed E-state index contributed by atoms with van der Waals surface area (Å²) < 4.78 is 44.7. The third-order valence-corrected chi connectivity index (χ3v) is 4.40. The number of nitrogens with zero attached hydrogens (tertiary/aromatic N) is 2. The summed E-state index contributed by atoms with van der Waals surface area (Å²) in [7, 11) is 0. The lowest BCUT2D eigenvalue weighted by Gasteiger charge is -2.11. The fourth-order valence-electron chi connectivity index (χ4n) is 2.75. The van der Waals surface area contributed by atoms with Crippen LogP contribution in [-0.4, -0.2) is 56.1 Å². The Morgan fingerprint density at radius 2 is 2.03 bits per heavy atom. The van der Waals surface area contributed by atoms with Gasteiger partial charge in [-0.1, -0.05) is 18.2 Å². The van der Waals surface area contributed by atoms with E-state index in [0.717, 1.165) is 12.1 Å². The Morgan fingerprint density at radius 1 is 1.26 bits per heavy atom. The van der Waals surface area contributed by atoms with E-state index >= 15 is 0 Å². The number of anilines is 1. The van der Waals surface area contributed by atoms with Gasteiger partial charge in [0.05, 0.1) is 24.1 Å². The molecule has 0 aliphatic heterocycles. The van der Waals surface area contributed by atoms with Crippen molar-refractivity contribution in [2.24, 2.45) is 0 Å². The molecular weight excluding hydrogens is 455 g/mol. The van der Waals surface area contributed by atoms with E-state index in [0.29, 0.717) is 5.75 Å². The SMILES string of the molecule is N=C(/C=C\c1ncc(C(=O)Nc2cc(OCC(O)CO)ccn2)[nH]1)c1ccccc1C(F)(F)F. The summed E-state index contributed by atoms with van der Waals surface area (Å²) in [5, 5.41) is 28.7. The van der Waals surface area contributed by atoms with E-state index in [-0.39, 0.29) is 35.2 Å². The molecule has 178 valence electrons. The zero-order valence-electron chi connectivity index (χ0n) is 17.5. The van der Waals surface area contributed by atoms with E-state index in [2.05, 4.69) is 20.3 Å². The quantitative estimate of drug-likeness (QED) is 0.301. The van der Waals surface area contributed by atoms with Gasteiger partial charge in [0.1, 0.15) is 35.8 Å². The van der Waals surface area contributed by atoms with Crippen molar-refractivity contribution in [1.29, 1.82) is 5.41 Å². The van der Waals surface area contributed by atoms with Crippen LogP contribution in [0.2, 0.25) is 0 Å². The van der Waals surface area contributed by atoms with Crippen LogP contribution in [0.1, 0.15) is 27.4 Å². The predicted octanol–water partition coefficient (Wildman–Crippen LogP) is 2.89. The molecule has 0 aliphatic carbocycles. The lowest BCUT2D eigenvalue weighted by atomic mass is 10.0. The van der Waals surface area contributed by atoms with E-state index in [1.54, 1.807) is 0 Å². The van der Waals surface area contributed by atoms with E-state index < -0.39 is 30.4 Å².